The van der Waals surface area contributed by atoms with Crippen molar-refractivity contribution in [1.82, 2.24) is 0 Å². The fourth-order valence-corrected chi connectivity index (χ4v) is 3.06. The highest BCUT2D eigenvalue weighted by atomic mass is 16.3. The molecule has 0 radical (unpaired) electrons. The van der Waals surface area contributed by atoms with Gasteiger partial charge in [0.2, 0.25) is 0 Å². The minimum absolute atomic E-state index is 0.394. The summed E-state index contributed by atoms with van der Waals surface area (Å²) in [6.07, 6.45) is 7.66. The standard InChI is InChI=1S/C16H24O/c1-2-14-9-6-11-16(17,13-14)12-10-15-7-4-3-5-8-15/h3-5,7-8,14,17H,2,6,9-13H2,1H3. The Labute approximate surface area is 105 Å². The van der Waals surface area contributed by atoms with Gasteiger partial charge in [0, 0.05) is 0 Å². The third-order valence-corrected chi connectivity index (χ3v) is 4.22. The fourth-order valence-electron chi connectivity index (χ4n) is 3.06. The number of aliphatic hydroxyl groups is 1. The van der Waals surface area contributed by atoms with Gasteiger partial charge in [-0.05, 0) is 37.2 Å². The van der Waals surface area contributed by atoms with Gasteiger partial charge >= 0.3 is 0 Å². The van der Waals surface area contributed by atoms with Crippen molar-refractivity contribution in [2.45, 2.75) is 57.5 Å². The first kappa shape index (κ1) is 12.6. The molecule has 17 heavy (non-hydrogen) atoms. The summed E-state index contributed by atoms with van der Waals surface area (Å²) in [5.74, 6) is 0.740. The molecule has 94 valence electrons. The molecule has 1 aromatic rings. The van der Waals surface area contributed by atoms with Gasteiger partial charge in [-0.15, -0.1) is 0 Å². The summed E-state index contributed by atoms with van der Waals surface area (Å²) in [4.78, 5) is 0. The Balaban J connectivity index is 1.89. The van der Waals surface area contributed by atoms with Crippen LogP contribution < -0.4 is 0 Å². The molecule has 0 bridgehead atoms. The molecule has 2 atom stereocenters. The van der Waals surface area contributed by atoms with Gasteiger partial charge in [0.25, 0.3) is 0 Å². The Morgan fingerprint density at radius 2 is 2.06 bits per heavy atom. The molecule has 1 heteroatoms. The topological polar surface area (TPSA) is 20.2 Å². The normalized spacial score (nSPS) is 29.2. The molecule has 1 aromatic carbocycles. The van der Waals surface area contributed by atoms with Crippen molar-refractivity contribution in [3.05, 3.63) is 35.9 Å². The third kappa shape index (κ3) is 3.57. The summed E-state index contributed by atoms with van der Waals surface area (Å²) in [6.45, 7) is 2.24. The molecule has 0 spiro atoms. The van der Waals surface area contributed by atoms with E-state index >= 15 is 0 Å². The van der Waals surface area contributed by atoms with Gasteiger partial charge in [-0.25, -0.2) is 0 Å². The van der Waals surface area contributed by atoms with E-state index in [1.165, 1.54) is 24.8 Å². The van der Waals surface area contributed by atoms with E-state index in [0.717, 1.165) is 31.6 Å². The maximum absolute atomic E-state index is 10.6. The lowest BCUT2D eigenvalue weighted by atomic mass is 9.74. The van der Waals surface area contributed by atoms with Crippen LogP contribution in [0, 0.1) is 5.92 Å². The Morgan fingerprint density at radius 3 is 2.76 bits per heavy atom. The average molecular weight is 232 g/mol. The zero-order valence-electron chi connectivity index (χ0n) is 10.9. The summed E-state index contributed by atoms with van der Waals surface area (Å²) in [5.41, 5.74) is 0.953. The second kappa shape index (κ2) is 5.68. The predicted octanol–water partition coefficient (Wildman–Crippen LogP) is 3.95. The molecule has 1 nitrogen and oxygen atoms in total. The predicted molar refractivity (Wildman–Crippen MR) is 72.0 cm³/mol. The number of rotatable bonds is 4. The summed E-state index contributed by atoms with van der Waals surface area (Å²) < 4.78 is 0. The highest BCUT2D eigenvalue weighted by Gasteiger charge is 2.32. The SMILES string of the molecule is CCC1CCCC(O)(CCc2ccccc2)C1. The van der Waals surface area contributed by atoms with Crippen molar-refractivity contribution in [2.24, 2.45) is 5.92 Å². The second-order valence-electron chi connectivity index (χ2n) is 5.58. The highest BCUT2D eigenvalue weighted by Crippen LogP contribution is 2.36. The molecule has 2 rings (SSSR count). The Hall–Kier alpha value is -0.820. The lowest BCUT2D eigenvalue weighted by Crippen LogP contribution is -2.35. The van der Waals surface area contributed by atoms with Gasteiger partial charge in [0.15, 0.2) is 0 Å². The minimum atomic E-state index is -0.394. The van der Waals surface area contributed by atoms with Crippen molar-refractivity contribution in [3.8, 4) is 0 Å². The summed E-state index contributed by atoms with van der Waals surface area (Å²) in [7, 11) is 0. The van der Waals surface area contributed by atoms with Gasteiger partial charge < -0.3 is 5.11 Å². The van der Waals surface area contributed by atoms with Gasteiger partial charge in [-0.1, -0.05) is 56.5 Å². The molecule has 0 aromatic heterocycles. The molecule has 0 aliphatic heterocycles. The van der Waals surface area contributed by atoms with Crippen LogP contribution >= 0.6 is 0 Å². The lowest BCUT2D eigenvalue weighted by Gasteiger charge is -2.36. The molecule has 0 heterocycles. The molecule has 1 fully saturated rings. The van der Waals surface area contributed by atoms with Gasteiger partial charge in [-0.2, -0.15) is 0 Å². The van der Waals surface area contributed by atoms with Gasteiger partial charge in [0.05, 0.1) is 5.60 Å². The van der Waals surface area contributed by atoms with Crippen LogP contribution in [0.3, 0.4) is 0 Å². The van der Waals surface area contributed by atoms with E-state index in [9.17, 15) is 5.11 Å². The molecular formula is C16H24O. The smallest absolute Gasteiger partial charge is 0.0653 e. The summed E-state index contributed by atoms with van der Waals surface area (Å²) in [6, 6.07) is 10.5. The van der Waals surface area contributed by atoms with Crippen LogP contribution in [0.25, 0.3) is 0 Å². The maximum Gasteiger partial charge on any atom is 0.0653 e. The number of benzene rings is 1. The minimum Gasteiger partial charge on any atom is -0.390 e. The van der Waals surface area contributed by atoms with E-state index < -0.39 is 5.60 Å². The molecule has 2 unspecified atom stereocenters. The molecular weight excluding hydrogens is 208 g/mol. The molecule has 1 aliphatic rings. The van der Waals surface area contributed by atoms with Gasteiger partial charge in [0.1, 0.15) is 0 Å². The Kier molecular flexibility index (Phi) is 4.22. The zero-order valence-corrected chi connectivity index (χ0v) is 10.9. The molecule has 1 N–H and O–H groups in total. The number of aryl methyl sites for hydroxylation is 1. The van der Waals surface area contributed by atoms with Crippen LogP contribution in [0.15, 0.2) is 30.3 Å². The number of hydrogen-bond donors (Lipinski definition) is 1. The van der Waals surface area contributed by atoms with Crippen LogP contribution in [-0.4, -0.2) is 10.7 Å². The van der Waals surface area contributed by atoms with E-state index in [-0.39, 0.29) is 0 Å². The van der Waals surface area contributed by atoms with Crippen molar-refractivity contribution in [1.29, 1.82) is 0 Å². The third-order valence-electron chi connectivity index (χ3n) is 4.22. The second-order valence-corrected chi connectivity index (χ2v) is 5.58. The zero-order chi connectivity index (χ0) is 12.1. The number of hydrogen-bond acceptors (Lipinski definition) is 1. The highest BCUT2D eigenvalue weighted by molar-refractivity contribution is 5.15. The Bertz CT molecular complexity index is 333. The molecule has 0 amide bonds. The van der Waals surface area contributed by atoms with E-state index in [2.05, 4.69) is 31.2 Å². The van der Waals surface area contributed by atoms with Crippen molar-refractivity contribution in [2.75, 3.05) is 0 Å². The molecule has 0 saturated heterocycles. The fraction of sp³-hybridized carbons (Fsp3) is 0.625. The first-order chi connectivity index (χ1) is 8.22. The van der Waals surface area contributed by atoms with E-state index in [4.69, 9.17) is 0 Å². The van der Waals surface area contributed by atoms with E-state index in [1.54, 1.807) is 0 Å². The van der Waals surface area contributed by atoms with Crippen molar-refractivity contribution >= 4 is 0 Å². The van der Waals surface area contributed by atoms with Crippen LogP contribution in [0.4, 0.5) is 0 Å². The van der Waals surface area contributed by atoms with Crippen LogP contribution in [-0.2, 0) is 6.42 Å². The van der Waals surface area contributed by atoms with E-state index in [0.29, 0.717) is 0 Å². The van der Waals surface area contributed by atoms with Gasteiger partial charge in [-0.3, -0.25) is 0 Å². The van der Waals surface area contributed by atoms with Crippen LogP contribution in [0.2, 0.25) is 0 Å². The van der Waals surface area contributed by atoms with E-state index in [1.807, 2.05) is 6.07 Å². The maximum atomic E-state index is 10.6. The van der Waals surface area contributed by atoms with Crippen LogP contribution in [0.1, 0.15) is 51.0 Å². The summed E-state index contributed by atoms with van der Waals surface area (Å²) >= 11 is 0. The first-order valence-corrected chi connectivity index (χ1v) is 6.98. The molecule has 1 saturated carbocycles. The summed E-state index contributed by atoms with van der Waals surface area (Å²) in [5, 5.41) is 10.6. The first-order valence-electron chi connectivity index (χ1n) is 6.98. The quantitative estimate of drug-likeness (QED) is 0.833. The average Bonchev–Trinajstić information content (AvgIpc) is 2.38. The largest absolute Gasteiger partial charge is 0.390 e. The Morgan fingerprint density at radius 1 is 1.29 bits per heavy atom. The molecule has 1 aliphatic carbocycles. The monoisotopic (exact) mass is 232 g/mol. The van der Waals surface area contributed by atoms with Crippen molar-refractivity contribution < 1.29 is 5.11 Å². The lowest BCUT2D eigenvalue weighted by molar-refractivity contribution is -0.0234. The van der Waals surface area contributed by atoms with Crippen molar-refractivity contribution in [3.63, 3.8) is 0 Å². The van der Waals surface area contributed by atoms with Crippen LogP contribution in [0.5, 0.6) is 0 Å².